The molecular formula is C18H18N6. The van der Waals surface area contributed by atoms with Crippen molar-refractivity contribution in [1.82, 2.24) is 19.5 Å². The molecule has 3 heterocycles. The maximum absolute atomic E-state index is 5.60. The van der Waals surface area contributed by atoms with Crippen molar-refractivity contribution in [3.05, 3.63) is 55.0 Å². The third kappa shape index (κ3) is 2.79. The highest BCUT2D eigenvalue weighted by Gasteiger charge is 2.06. The lowest BCUT2D eigenvalue weighted by molar-refractivity contribution is 0.666. The molecule has 4 rings (SSSR count). The molecule has 0 spiro atoms. The highest BCUT2D eigenvalue weighted by molar-refractivity contribution is 5.83. The van der Waals surface area contributed by atoms with Crippen LogP contribution in [0.1, 0.15) is 6.42 Å². The lowest BCUT2D eigenvalue weighted by Crippen LogP contribution is -2.06. The quantitative estimate of drug-likeness (QED) is 0.591. The van der Waals surface area contributed by atoms with Gasteiger partial charge in [0.05, 0.1) is 5.52 Å². The topological polar surface area (TPSA) is 81.7 Å². The molecule has 0 radical (unpaired) electrons. The van der Waals surface area contributed by atoms with Gasteiger partial charge in [0.25, 0.3) is 0 Å². The van der Waals surface area contributed by atoms with Crippen LogP contribution >= 0.6 is 0 Å². The number of anilines is 2. The number of nitrogens with two attached hydrogens (primary N) is 1. The maximum atomic E-state index is 5.60. The number of nitrogens with one attached hydrogen (secondary N) is 1. The minimum atomic E-state index is 0.582. The number of aryl methyl sites for hydroxylation is 1. The Labute approximate surface area is 139 Å². The minimum Gasteiger partial charge on any atom is -0.332 e. The zero-order chi connectivity index (χ0) is 16.4. The molecule has 3 N–H and O–H groups in total. The van der Waals surface area contributed by atoms with Crippen LogP contribution in [0.3, 0.4) is 0 Å². The highest BCUT2D eigenvalue weighted by Crippen LogP contribution is 2.21. The fourth-order valence-corrected chi connectivity index (χ4v) is 2.76. The van der Waals surface area contributed by atoms with E-state index in [9.17, 15) is 0 Å². The second kappa shape index (κ2) is 6.25. The number of rotatable bonds is 5. The first kappa shape index (κ1) is 14.6. The van der Waals surface area contributed by atoms with Gasteiger partial charge in [0.1, 0.15) is 5.65 Å². The Balaban J connectivity index is 1.65. The summed E-state index contributed by atoms with van der Waals surface area (Å²) in [5.41, 5.74) is 8.43. The van der Waals surface area contributed by atoms with Crippen LogP contribution in [0, 0.1) is 0 Å². The van der Waals surface area contributed by atoms with Crippen molar-refractivity contribution in [2.24, 2.45) is 5.73 Å². The SMILES string of the molecule is NCCCn1ccc2cnc(Nc3ccc4ncccc4c3)nc21. The fourth-order valence-electron chi connectivity index (χ4n) is 2.76. The molecule has 0 bridgehead atoms. The number of fused-ring (bicyclic) bond motifs is 2. The summed E-state index contributed by atoms with van der Waals surface area (Å²) in [4.78, 5) is 13.4. The van der Waals surface area contributed by atoms with Crippen LogP contribution in [0.15, 0.2) is 55.0 Å². The standard InChI is InChI=1S/C18H18N6/c19-7-2-9-24-10-6-14-12-21-18(23-17(14)24)22-15-4-5-16-13(11-15)3-1-8-20-16/h1,3-6,8,10-12H,2,7,9,19H2,(H,21,22,23). The Morgan fingerprint density at radius 1 is 1.08 bits per heavy atom. The second-order valence-electron chi connectivity index (χ2n) is 5.66. The minimum absolute atomic E-state index is 0.582. The van der Waals surface area contributed by atoms with Gasteiger partial charge in [0.2, 0.25) is 5.95 Å². The summed E-state index contributed by atoms with van der Waals surface area (Å²) in [5, 5.41) is 5.38. The van der Waals surface area contributed by atoms with Gasteiger partial charge in [-0.1, -0.05) is 6.07 Å². The van der Waals surface area contributed by atoms with Gasteiger partial charge in [-0.15, -0.1) is 0 Å². The zero-order valence-corrected chi connectivity index (χ0v) is 13.2. The average molecular weight is 318 g/mol. The van der Waals surface area contributed by atoms with Gasteiger partial charge < -0.3 is 15.6 Å². The predicted octanol–water partition coefficient (Wildman–Crippen LogP) is 3.07. The van der Waals surface area contributed by atoms with E-state index in [1.807, 2.05) is 48.8 Å². The molecule has 6 heteroatoms. The zero-order valence-electron chi connectivity index (χ0n) is 13.2. The molecule has 0 amide bonds. The van der Waals surface area contributed by atoms with E-state index in [1.165, 1.54) is 0 Å². The van der Waals surface area contributed by atoms with Crippen LogP contribution in [0.4, 0.5) is 11.6 Å². The van der Waals surface area contributed by atoms with E-state index in [4.69, 9.17) is 5.73 Å². The molecule has 0 atom stereocenters. The Bertz CT molecular complexity index is 991. The van der Waals surface area contributed by atoms with Gasteiger partial charge in [0, 0.05) is 41.6 Å². The smallest absolute Gasteiger partial charge is 0.229 e. The molecule has 0 aliphatic heterocycles. The number of nitrogens with zero attached hydrogens (tertiary/aromatic N) is 4. The first-order chi connectivity index (χ1) is 11.8. The van der Waals surface area contributed by atoms with E-state index in [0.717, 1.165) is 40.6 Å². The predicted molar refractivity (Wildman–Crippen MR) is 96.2 cm³/mol. The third-order valence-corrected chi connectivity index (χ3v) is 3.96. The Morgan fingerprint density at radius 3 is 2.96 bits per heavy atom. The van der Waals surface area contributed by atoms with Crippen molar-refractivity contribution in [2.45, 2.75) is 13.0 Å². The Morgan fingerprint density at radius 2 is 2.04 bits per heavy atom. The maximum Gasteiger partial charge on any atom is 0.229 e. The molecule has 0 fully saturated rings. The lowest BCUT2D eigenvalue weighted by Gasteiger charge is -2.07. The van der Waals surface area contributed by atoms with E-state index >= 15 is 0 Å². The molecule has 0 unspecified atom stereocenters. The summed E-state index contributed by atoms with van der Waals surface area (Å²) in [7, 11) is 0. The molecule has 0 aliphatic carbocycles. The van der Waals surface area contributed by atoms with Crippen LogP contribution in [0.5, 0.6) is 0 Å². The summed E-state index contributed by atoms with van der Waals surface area (Å²) in [5.74, 6) is 0.582. The van der Waals surface area contributed by atoms with Crippen molar-refractivity contribution >= 4 is 33.6 Å². The normalized spacial score (nSPS) is 11.2. The van der Waals surface area contributed by atoms with E-state index < -0.39 is 0 Å². The molecule has 24 heavy (non-hydrogen) atoms. The first-order valence-corrected chi connectivity index (χ1v) is 7.97. The number of hydrogen-bond donors (Lipinski definition) is 2. The number of hydrogen-bond acceptors (Lipinski definition) is 5. The molecule has 6 nitrogen and oxygen atoms in total. The Kier molecular flexibility index (Phi) is 3.80. The summed E-state index contributed by atoms with van der Waals surface area (Å²) < 4.78 is 2.11. The highest BCUT2D eigenvalue weighted by atomic mass is 15.1. The van der Waals surface area contributed by atoms with Gasteiger partial charge in [-0.05, 0) is 43.3 Å². The third-order valence-electron chi connectivity index (χ3n) is 3.96. The molecule has 0 saturated heterocycles. The van der Waals surface area contributed by atoms with Crippen molar-refractivity contribution in [3.63, 3.8) is 0 Å². The number of benzene rings is 1. The molecule has 3 aromatic heterocycles. The van der Waals surface area contributed by atoms with Crippen LogP contribution < -0.4 is 11.1 Å². The van der Waals surface area contributed by atoms with Crippen molar-refractivity contribution in [2.75, 3.05) is 11.9 Å². The van der Waals surface area contributed by atoms with Gasteiger partial charge in [-0.25, -0.2) is 4.98 Å². The lowest BCUT2D eigenvalue weighted by atomic mass is 10.2. The molecule has 120 valence electrons. The molecule has 0 saturated carbocycles. The largest absolute Gasteiger partial charge is 0.332 e. The molecular weight excluding hydrogens is 300 g/mol. The van der Waals surface area contributed by atoms with Gasteiger partial charge in [-0.3, -0.25) is 4.98 Å². The Hall–Kier alpha value is -2.99. The van der Waals surface area contributed by atoms with Crippen LogP contribution in [-0.4, -0.2) is 26.1 Å². The molecule has 1 aromatic carbocycles. The van der Waals surface area contributed by atoms with Gasteiger partial charge in [0.15, 0.2) is 0 Å². The van der Waals surface area contributed by atoms with Gasteiger partial charge >= 0.3 is 0 Å². The average Bonchev–Trinajstić information content (AvgIpc) is 3.02. The monoisotopic (exact) mass is 318 g/mol. The summed E-state index contributed by atoms with van der Waals surface area (Å²) >= 11 is 0. The van der Waals surface area contributed by atoms with Crippen LogP contribution in [-0.2, 0) is 6.54 Å². The van der Waals surface area contributed by atoms with E-state index in [0.29, 0.717) is 12.5 Å². The number of pyridine rings is 1. The number of aromatic nitrogens is 4. The summed E-state index contributed by atoms with van der Waals surface area (Å²) in [6.45, 7) is 1.53. The summed E-state index contributed by atoms with van der Waals surface area (Å²) in [6.07, 6.45) is 6.59. The van der Waals surface area contributed by atoms with E-state index in [-0.39, 0.29) is 0 Å². The molecule has 0 aliphatic rings. The second-order valence-corrected chi connectivity index (χ2v) is 5.66. The van der Waals surface area contributed by atoms with E-state index in [1.54, 1.807) is 6.20 Å². The van der Waals surface area contributed by atoms with Crippen molar-refractivity contribution in [3.8, 4) is 0 Å². The fraction of sp³-hybridized carbons (Fsp3) is 0.167. The van der Waals surface area contributed by atoms with Crippen LogP contribution in [0.2, 0.25) is 0 Å². The molecule has 4 aromatic rings. The van der Waals surface area contributed by atoms with Gasteiger partial charge in [-0.2, -0.15) is 4.98 Å². The van der Waals surface area contributed by atoms with Crippen molar-refractivity contribution < 1.29 is 0 Å². The van der Waals surface area contributed by atoms with Crippen molar-refractivity contribution in [1.29, 1.82) is 0 Å². The first-order valence-electron chi connectivity index (χ1n) is 7.97. The summed E-state index contributed by atoms with van der Waals surface area (Å²) in [6, 6.07) is 12.0. The van der Waals surface area contributed by atoms with Crippen LogP contribution in [0.25, 0.3) is 21.9 Å². The van der Waals surface area contributed by atoms with E-state index in [2.05, 4.69) is 24.8 Å².